The summed E-state index contributed by atoms with van der Waals surface area (Å²) >= 11 is -1.35. The van der Waals surface area contributed by atoms with E-state index in [1.165, 1.54) is 12.1 Å². The van der Waals surface area contributed by atoms with E-state index in [9.17, 15) is 26.5 Å². The van der Waals surface area contributed by atoms with Gasteiger partial charge in [-0.3, -0.25) is 0 Å². The first-order valence-electron chi connectivity index (χ1n) is 6.65. The predicted octanol–water partition coefficient (Wildman–Crippen LogP) is 4.33. The van der Waals surface area contributed by atoms with Crippen LogP contribution in [0.2, 0.25) is 0 Å². The molecule has 0 bridgehead atoms. The monoisotopic (exact) mass is 359 g/mol. The highest BCUT2D eigenvalue weighted by atomic mass is 32.2. The van der Waals surface area contributed by atoms with Crippen LogP contribution in [-0.2, 0) is 11.4 Å². The highest BCUT2D eigenvalue weighted by Gasteiger charge is 2.61. The fraction of sp³-hybridized carbons (Fsp3) is 0.571. The van der Waals surface area contributed by atoms with E-state index in [1.807, 2.05) is 0 Å². The Morgan fingerprint density at radius 2 is 1.52 bits per heavy atom. The molecule has 0 amide bonds. The Kier molecular flexibility index (Phi) is 5.93. The van der Waals surface area contributed by atoms with Gasteiger partial charge in [-0.1, -0.05) is 12.1 Å². The quantitative estimate of drug-likeness (QED) is 0.629. The van der Waals surface area contributed by atoms with Crippen LogP contribution in [0.5, 0.6) is 5.75 Å². The molecule has 0 saturated heterocycles. The van der Waals surface area contributed by atoms with E-state index in [0.717, 1.165) is 12.1 Å². The van der Waals surface area contributed by atoms with E-state index in [1.54, 1.807) is 27.7 Å². The zero-order valence-electron chi connectivity index (χ0n) is 13.0. The number of alkyl halides is 5. The summed E-state index contributed by atoms with van der Waals surface area (Å²) in [4.78, 5) is 0. The lowest BCUT2D eigenvalue weighted by Gasteiger charge is -2.26. The number of hydrogen-bond donors (Lipinski definition) is 1. The van der Waals surface area contributed by atoms with Gasteiger partial charge in [0.2, 0.25) is 0 Å². The second-order valence-corrected chi connectivity index (χ2v) is 7.90. The average molecular weight is 359 g/mol. The third-order valence-corrected chi connectivity index (χ3v) is 4.48. The molecule has 0 fully saturated rings. The smallest absolute Gasteiger partial charge is 0.499 e. The van der Waals surface area contributed by atoms with Gasteiger partial charge in [-0.25, -0.2) is 0 Å². The summed E-state index contributed by atoms with van der Waals surface area (Å²) in [6.07, 6.45) is -11.0. The summed E-state index contributed by atoms with van der Waals surface area (Å²) < 4.78 is 79.7. The second-order valence-electron chi connectivity index (χ2n) is 5.91. The number of ether oxygens (including phenoxy) is 1. The molecule has 0 saturated carbocycles. The van der Waals surface area contributed by atoms with E-state index in [0.29, 0.717) is 5.56 Å². The Labute approximate surface area is 134 Å². The molecular weight excluding hydrogens is 341 g/mol. The highest BCUT2D eigenvalue weighted by molar-refractivity contribution is 7.90. The van der Waals surface area contributed by atoms with Crippen LogP contribution in [0.4, 0.5) is 22.0 Å². The molecule has 0 aliphatic carbocycles. The maximum absolute atomic E-state index is 12.8. The molecule has 0 radical (unpaired) electrons. The van der Waals surface area contributed by atoms with Crippen molar-refractivity contribution in [1.82, 2.24) is 4.72 Å². The molecule has 9 heteroatoms. The fourth-order valence-corrected chi connectivity index (χ4v) is 2.25. The standard InChI is InChI=1S/C14H18F5NO2S/c1-9(20-23(21)12(2,3)4)10-5-7-11(8-6-10)22-14(18,19)13(15,16)17/h5-9,20H,1-4H3. The summed E-state index contributed by atoms with van der Waals surface area (Å²) in [6, 6.07) is 4.30. The molecule has 0 aliphatic rings. The Hall–Kier alpha value is -1.06. The molecule has 0 heterocycles. The van der Waals surface area contributed by atoms with Crippen molar-refractivity contribution < 1.29 is 31.2 Å². The van der Waals surface area contributed by atoms with Crippen molar-refractivity contribution in [2.75, 3.05) is 0 Å². The molecule has 132 valence electrons. The van der Waals surface area contributed by atoms with Crippen molar-refractivity contribution in [1.29, 1.82) is 0 Å². The van der Waals surface area contributed by atoms with Gasteiger partial charge in [0.15, 0.2) is 0 Å². The summed E-state index contributed by atoms with van der Waals surface area (Å²) in [7, 11) is 0. The number of nitrogens with one attached hydrogen (secondary N) is 1. The van der Waals surface area contributed by atoms with Gasteiger partial charge in [-0.05, 0) is 45.4 Å². The lowest BCUT2D eigenvalue weighted by molar-refractivity contribution is -0.360. The van der Waals surface area contributed by atoms with Gasteiger partial charge < -0.3 is 9.29 Å². The molecule has 0 spiro atoms. The lowest BCUT2D eigenvalue weighted by Crippen LogP contribution is -2.41. The molecule has 1 rings (SSSR count). The van der Waals surface area contributed by atoms with Crippen molar-refractivity contribution in [3.05, 3.63) is 29.8 Å². The number of halogens is 5. The lowest BCUT2D eigenvalue weighted by atomic mass is 10.1. The minimum Gasteiger partial charge on any atom is -0.598 e. The van der Waals surface area contributed by atoms with Gasteiger partial charge in [0, 0.05) is 11.4 Å². The Balaban J connectivity index is 2.77. The Morgan fingerprint density at radius 3 is 1.91 bits per heavy atom. The van der Waals surface area contributed by atoms with E-state index in [2.05, 4.69) is 9.46 Å². The van der Waals surface area contributed by atoms with E-state index >= 15 is 0 Å². The van der Waals surface area contributed by atoms with Crippen LogP contribution in [-0.4, -0.2) is 21.6 Å². The maximum atomic E-state index is 12.8. The third-order valence-electron chi connectivity index (χ3n) is 2.80. The maximum Gasteiger partial charge on any atom is 0.499 e. The van der Waals surface area contributed by atoms with Gasteiger partial charge in [-0.15, -0.1) is 4.72 Å². The van der Waals surface area contributed by atoms with Crippen LogP contribution >= 0.6 is 0 Å². The third kappa shape index (κ3) is 5.50. The first-order chi connectivity index (χ1) is 10.2. The highest BCUT2D eigenvalue weighted by Crippen LogP contribution is 2.37. The second kappa shape index (κ2) is 6.82. The first kappa shape index (κ1) is 20.0. The molecule has 0 aromatic heterocycles. The molecule has 1 aromatic rings. The molecule has 2 unspecified atom stereocenters. The topological polar surface area (TPSA) is 44.3 Å². The minimum absolute atomic E-state index is 0.382. The van der Waals surface area contributed by atoms with Crippen molar-refractivity contribution in [2.24, 2.45) is 0 Å². The Morgan fingerprint density at radius 1 is 1.04 bits per heavy atom. The van der Waals surface area contributed by atoms with Crippen LogP contribution < -0.4 is 9.46 Å². The molecule has 2 atom stereocenters. The first-order valence-corrected chi connectivity index (χ1v) is 7.80. The van der Waals surface area contributed by atoms with Crippen LogP contribution in [0.25, 0.3) is 0 Å². The molecule has 3 nitrogen and oxygen atoms in total. The van der Waals surface area contributed by atoms with E-state index in [-0.39, 0.29) is 6.04 Å². The van der Waals surface area contributed by atoms with Crippen molar-refractivity contribution in [3.63, 3.8) is 0 Å². The molecule has 0 aliphatic heterocycles. The van der Waals surface area contributed by atoms with Crippen LogP contribution in [0.3, 0.4) is 0 Å². The van der Waals surface area contributed by atoms with Crippen LogP contribution in [0.15, 0.2) is 24.3 Å². The summed E-state index contributed by atoms with van der Waals surface area (Å²) in [6.45, 7) is 7.03. The molecule has 1 N–H and O–H groups in total. The zero-order valence-corrected chi connectivity index (χ0v) is 13.8. The molecule has 23 heavy (non-hydrogen) atoms. The van der Waals surface area contributed by atoms with Gasteiger partial charge in [0.05, 0.1) is 6.04 Å². The van der Waals surface area contributed by atoms with Gasteiger partial charge in [0.25, 0.3) is 0 Å². The summed E-state index contributed by atoms with van der Waals surface area (Å²) in [5.74, 6) is -0.611. The van der Waals surface area contributed by atoms with Gasteiger partial charge in [-0.2, -0.15) is 22.0 Å². The fourth-order valence-electron chi connectivity index (χ4n) is 1.44. The average Bonchev–Trinajstić information content (AvgIpc) is 2.36. The van der Waals surface area contributed by atoms with Crippen molar-refractivity contribution >= 4 is 11.4 Å². The Bertz CT molecular complexity index is 513. The minimum atomic E-state index is -5.79. The van der Waals surface area contributed by atoms with Gasteiger partial charge in [0.1, 0.15) is 10.5 Å². The normalized spacial score (nSPS) is 16.1. The van der Waals surface area contributed by atoms with Crippen molar-refractivity contribution in [3.8, 4) is 5.75 Å². The zero-order chi connectivity index (χ0) is 18.1. The molecule has 1 aromatic carbocycles. The summed E-state index contributed by atoms with van der Waals surface area (Å²) in [5.41, 5.74) is 0.574. The molecular formula is C14H18F5NO2S. The largest absolute Gasteiger partial charge is 0.598 e. The van der Waals surface area contributed by atoms with Crippen molar-refractivity contribution in [2.45, 2.75) is 50.8 Å². The van der Waals surface area contributed by atoms with Crippen LogP contribution in [0.1, 0.15) is 39.3 Å². The summed E-state index contributed by atoms with van der Waals surface area (Å²) in [5, 5.41) is 0. The number of hydrogen-bond acceptors (Lipinski definition) is 3. The number of rotatable bonds is 5. The van der Waals surface area contributed by atoms with E-state index in [4.69, 9.17) is 0 Å². The van der Waals surface area contributed by atoms with Gasteiger partial charge >= 0.3 is 12.3 Å². The predicted molar refractivity (Wildman–Crippen MR) is 77.5 cm³/mol. The number of benzene rings is 1. The van der Waals surface area contributed by atoms with Crippen LogP contribution in [0, 0.1) is 0 Å². The van der Waals surface area contributed by atoms with E-state index < -0.39 is 34.1 Å². The SMILES string of the molecule is CC(N[S+]([O-])C(C)(C)C)c1ccc(OC(F)(F)C(F)(F)F)cc1.